The molecule has 0 fully saturated rings. The Balaban J connectivity index is 2.56. The molecule has 1 aromatic carbocycles. The lowest BCUT2D eigenvalue weighted by Crippen LogP contribution is -2.17. The lowest BCUT2D eigenvalue weighted by Gasteiger charge is -2.23. The Morgan fingerprint density at radius 3 is 2.92 bits per heavy atom. The topological polar surface area (TPSA) is 72.3 Å². The van der Waals surface area contributed by atoms with E-state index in [1.54, 1.807) is 6.07 Å². The smallest absolute Gasteiger partial charge is 0.121 e. The number of hydrogen-bond donors (Lipinski definition) is 3. The second-order valence-corrected chi connectivity index (χ2v) is 3.61. The molecule has 1 atom stereocenters. The minimum absolute atomic E-state index is 0.0400. The Kier molecular flexibility index (Phi) is 1.88. The zero-order valence-corrected chi connectivity index (χ0v) is 7.46. The maximum Gasteiger partial charge on any atom is 0.121 e. The molecule has 0 amide bonds. The Morgan fingerprint density at radius 2 is 2.15 bits per heavy atom. The molecule has 0 aromatic heterocycles. The molecule has 0 bridgehead atoms. The summed E-state index contributed by atoms with van der Waals surface area (Å²) in [6.45, 7) is 0. The first kappa shape index (κ1) is 8.38. The Hall–Kier alpha value is -1.22. The molecule has 0 heterocycles. The van der Waals surface area contributed by atoms with Gasteiger partial charge in [0.2, 0.25) is 0 Å². The summed E-state index contributed by atoms with van der Waals surface area (Å²) in [6, 6.07) is 3.51. The van der Waals surface area contributed by atoms with E-state index in [0.29, 0.717) is 11.4 Å². The van der Waals surface area contributed by atoms with Gasteiger partial charge < -0.3 is 16.6 Å². The van der Waals surface area contributed by atoms with Crippen molar-refractivity contribution in [2.45, 2.75) is 25.3 Å². The Bertz CT molecular complexity index is 336. The van der Waals surface area contributed by atoms with Gasteiger partial charge in [0.25, 0.3) is 0 Å². The van der Waals surface area contributed by atoms with E-state index in [1.807, 2.05) is 6.07 Å². The van der Waals surface area contributed by atoms with Crippen LogP contribution in [0.25, 0.3) is 0 Å². The molecular weight excluding hydrogens is 164 g/mol. The third-order valence-electron chi connectivity index (χ3n) is 2.62. The van der Waals surface area contributed by atoms with E-state index in [4.69, 9.17) is 11.5 Å². The second kappa shape index (κ2) is 2.92. The molecule has 1 aromatic rings. The lowest BCUT2D eigenvalue weighted by molar-refractivity contribution is 0.455. The molecule has 1 unspecified atom stereocenters. The zero-order valence-electron chi connectivity index (χ0n) is 7.46. The molecule has 1 aliphatic rings. The van der Waals surface area contributed by atoms with Gasteiger partial charge in [-0.25, -0.2) is 0 Å². The van der Waals surface area contributed by atoms with Crippen LogP contribution in [-0.4, -0.2) is 5.11 Å². The molecule has 0 saturated heterocycles. The largest absolute Gasteiger partial charge is 0.508 e. The maximum absolute atomic E-state index is 9.62. The lowest BCUT2D eigenvalue weighted by atomic mass is 9.87. The van der Waals surface area contributed by atoms with Crippen LogP contribution in [0.3, 0.4) is 0 Å². The van der Waals surface area contributed by atoms with E-state index >= 15 is 0 Å². The molecule has 0 radical (unpaired) electrons. The van der Waals surface area contributed by atoms with Crippen LogP contribution < -0.4 is 11.5 Å². The van der Waals surface area contributed by atoms with Gasteiger partial charge in [0.15, 0.2) is 0 Å². The summed E-state index contributed by atoms with van der Waals surface area (Å²) in [5, 5.41) is 9.62. The number of anilines is 1. The van der Waals surface area contributed by atoms with Crippen LogP contribution in [0, 0.1) is 0 Å². The normalized spacial score (nSPS) is 21.2. The number of rotatable bonds is 0. The highest BCUT2D eigenvalue weighted by atomic mass is 16.3. The van der Waals surface area contributed by atoms with Crippen LogP contribution in [0.4, 0.5) is 5.69 Å². The summed E-state index contributed by atoms with van der Waals surface area (Å²) in [7, 11) is 0. The molecular formula is C10H14N2O. The maximum atomic E-state index is 9.62. The van der Waals surface area contributed by atoms with E-state index in [-0.39, 0.29) is 6.04 Å². The predicted molar refractivity (Wildman–Crippen MR) is 52.4 cm³/mol. The number of nitrogen functional groups attached to an aromatic ring is 1. The molecule has 1 aliphatic carbocycles. The van der Waals surface area contributed by atoms with Crippen LogP contribution in [0.5, 0.6) is 5.75 Å². The average molecular weight is 178 g/mol. The van der Waals surface area contributed by atoms with Gasteiger partial charge in [0, 0.05) is 17.8 Å². The summed E-state index contributed by atoms with van der Waals surface area (Å²) in [5.41, 5.74) is 14.1. The average Bonchev–Trinajstić information content (AvgIpc) is 2.07. The number of nitrogens with two attached hydrogens (primary N) is 2. The molecule has 2 rings (SSSR count). The van der Waals surface area contributed by atoms with Crippen LogP contribution in [0.2, 0.25) is 0 Å². The molecule has 70 valence electrons. The minimum atomic E-state index is 0.0400. The fraction of sp³-hybridized carbons (Fsp3) is 0.400. The van der Waals surface area contributed by atoms with Crippen molar-refractivity contribution in [1.29, 1.82) is 0 Å². The van der Waals surface area contributed by atoms with Crippen molar-refractivity contribution in [3.63, 3.8) is 0 Å². The summed E-state index contributed by atoms with van der Waals surface area (Å²) in [4.78, 5) is 0. The van der Waals surface area contributed by atoms with E-state index in [2.05, 4.69) is 0 Å². The van der Waals surface area contributed by atoms with Crippen molar-refractivity contribution >= 4 is 5.69 Å². The fourth-order valence-corrected chi connectivity index (χ4v) is 1.96. The van der Waals surface area contributed by atoms with Crippen LogP contribution in [-0.2, 0) is 6.42 Å². The Morgan fingerprint density at radius 1 is 1.38 bits per heavy atom. The van der Waals surface area contributed by atoms with Gasteiger partial charge in [0.1, 0.15) is 5.75 Å². The van der Waals surface area contributed by atoms with E-state index in [1.165, 1.54) is 0 Å². The number of benzene rings is 1. The van der Waals surface area contributed by atoms with Crippen molar-refractivity contribution in [3.8, 4) is 5.75 Å². The third-order valence-corrected chi connectivity index (χ3v) is 2.62. The third kappa shape index (κ3) is 1.35. The number of hydrogen-bond acceptors (Lipinski definition) is 3. The van der Waals surface area contributed by atoms with Gasteiger partial charge in [0.05, 0.1) is 0 Å². The standard InChI is InChI=1S/C10H14N2O/c11-6-4-8-7(10(13)5-6)2-1-3-9(8)12/h4-5,9,13H,1-3,11-12H2. The monoisotopic (exact) mass is 178 g/mol. The summed E-state index contributed by atoms with van der Waals surface area (Å²) < 4.78 is 0. The number of phenolic OH excluding ortho intramolecular Hbond substituents is 1. The molecule has 5 N–H and O–H groups in total. The number of phenols is 1. The SMILES string of the molecule is Nc1cc(O)c2c(c1)C(N)CCC2. The minimum Gasteiger partial charge on any atom is -0.508 e. The van der Waals surface area contributed by atoms with Crippen molar-refractivity contribution in [2.75, 3.05) is 5.73 Å². The van der Waals surface area contributed by atoms with Crippen LogP contribution in [0.1, 0.15) is 30.0 Å². The van der Waals surface area contributed by atoms with Crippen molar-refractivity contribution in [1.82, 2.24) is 0 Å². The molecule has 0 aliphatic heterocycles. The molecule has 13 heavy (non-hydrogen) atoms. The highest BCUT2D eigenvalue weighted by Crippen LogP contribution is 2.35. The summed E-state index contributed by atoms with van der Waals surface area (Å²) in [5.74, 6) is 0.296. The van der Waals surface area contributed by atoms with Gasteiger partial charge in [-0.15, -0.1) is 0 Å². The van der Waals surface area contributed by atoms with E-state index < -0.39 is 0 Å². The highest BCUT2D eigenvalue weighted by molar-refractivity contribution is 5.54. The van der Waals surface area contributed by atoms with Gasteiger partial charge in [-0.2, -0.15) is 0 Å². The number of aromatic hydroxyl groups is 1. The van der Waals surface area contributed by atoms with Gasteiger partial charge >= 0.3 is 0 Å². The van der Waals surface area contributed by atoms with Gasteiger partial charge in [-0.3, -0.25) is 0 Å². The van der Waals surface area contributed by atoms with E-state index in [0.717, 1.165) is 30.4 Å². The summed E-state index contributed by atoms with van der Waals surface area (Å²) >= 11 is 0. The first-order valence-electron chi connectivity index (χ1n) is 4.55. The van der Waals surface area contributed by atoms with Crippen LogP contribution in [0.15, 0.2) is 12.1 Å². The van der Waals surface area contributed by atoms with Crippen LogP contribution >= 0.6 is 0 Å². The highest BCUT2D eigenvalue weighted by Gasteiger charge is 2.19. The first-order valence-corrected chi connectivity index (χ1v) is 4.55. The predicted octanol–water partition coefficient (Wildman–Crippen LogP) is 1.31. The first-order chi connectivity index (χ1) is 6.18. The number of fused-ring (bicyclic) bond motifs is 1. The van der Waals surface area contributed by atoms with Crippen molar-refractivity contribution in [2.24, 2.45) is 5.73 Å². The molecule has 3 nitrogen and oxygen atoms in total. The quantitative estimate of drug-likeness (QED) is 0.524. The zero-order chi connectivity index (χ0) is 9.42. The molecule has 3 heteroatoms. The molecule has 0 spiro atoms. The van der Waals surface area contributed by atoms with Gasteiger partial charge in [-0.1, -0.05) is 0 Å². The Labute approximate surface area is 77.4 Å². The fourth-order valence-electron chi connectivity index (χ4n) is 1.96. The van der Waals surface area contributed by atoms with E-state index in [9.17, 15) is 5.11 Å². The second-order valence-electron chi connectivity index (χ2n) is 3.61. The molecule has 0 saturated carbocycles. The summed E-state index contributed by atoms with van der Waals surface area (Å²) in [6.07, 6.45) is 2.94. The van der Waals surface area contributed by atoms with Gasteiger partial charge in [-0.05, 0) is 36.5 Å². The van der Waals surface area contributed by atoms with Crippen molar-refractivity contribution < 1.29 is 5.11 Å². The van der Waals surface area contributed by atoms with Crippen molar-refractivity contribution in [3.05, 3.63) is 23.3 Å².